The topological polar surface area (TPSA) is 32.3 Å². The third kappa shape index (κ3) is 5.60. The van der Waals surface area contributed by atoms with Gasteiger partial charge in [-0.25, -0.2) is 0 Å². The molecule has 0 fully saturated rings. The van der Waals surface area contributed by atoms with Gasteiger partial charge in [0.05, 0.1) is 0 Å². The van der Waals surface area contributed by atoms with E-state index in [0.29, 0.717) is 5.32 Å². The van der Waals surface area contributed by atoms with E-state index >= 15 is 0 Å². The molecule has 0 aliphatic heterocycles. The van der Waals surface area contributed by atoms with Gasteiger partial charge in [0.2, 0.25) is 0 Å². The van der Waals surface area contributed by atoms with Crippen molar-refractivity contribution in [1.29, 1.82) is 0 Å². The van der Waals surface area contributed by atoms with Crippen LogP contribution in [0.2, 0.25) is 0 Å². The fourth-order valence-corrected chi connectivity index (χ4v) is 2.61. The van der Waals surface area contributed by atoms with Crippen LogP contribution in [0.1, 0.15) is 6.42 Å². The van der Waals surface area contributed by atoms with Crippen LogP contribution in [0.15, 0.2) is 0 Å². The van der Waals surface area contributed by atoms with E-state index in [-0.39, 0.29) is 6.54 Å². The minimum Gasteiger partial charge on any atom is -0.351 e. The molecule has 3 nitrogen and oxygen atoms in total. The Bertz CT molecular complexity index is 998. The van der Waals surface area contributed by atoms with Crippen LogP contribution in [-0.4, -0.2) is 103 Å². The van der Waals surface area contributed by atoms with Gasteiger partial charge in [-0.05, 0) is 27.1 Å². The molecule has 0 aromatic heterocycles. The smallest absolute Gasteiger partial charge is 0.351 e. The molecular weight excluding hydrogens is 685 g/mol. The van der Waals surface area contributed by atoms with Gasteiger partial charge in [0.25, 0.3) is 5.91 Å². The molecule has 1 N–H and O–H groups in total. The molecule has 0 rings (SSSR count). The van der Waals surface area contributed by atoms with Gasteiger partial charge < -0.3 is 10.2 Å². The lowest BCUT2D eigenvalue weighted by atomic mass is 9.85. The largest absolute Gasteiger partial charge is 0.460 e. The molecule has 0 bridgehead atoms. The molecule has 0 saturated heterocycles. The van der Waals surface area contributed by atoms with Crippen molar-refractivity contribution < 1.29 is 106 Å². The second kappa shape index (κ2) is 11.0. The first-order valence-electron chi connectivity index (χ1n) is 10.1. The van der Waals surface area contributed by atoms with Gasteiger partial charge in [-0.2, -0.15) is 101 Å². The summed E-state index contributed by atoms with van der Waals surface area (Å²) in [6.45, 7) is -1.40. The summed E-state index contributed by atoms with van der Waals surface area (Å²) in [5.41, 5.74) is 0. The van der Waals surface area contributed by atoms with E-state index in [9.17, 15) is 106 Å². The van der Waals surface area contributed by atoms with Crippen molar-refractivity contribution in [3.8, 4) is 0 Å². The Kier molecular flexibility index (Phi) is 10.5. The van der Waals surface area contributed by atoms with E-state index < -0.39 is 84.3 Å². The lowest BCUT2D eigenvalue weighted by molar-refractivity contribution is -0.477. The first-order valence-corrected chi connectivity index (χ1v) is 10.1. The van der Waals surface area contributed by atoms with Crippen LogP contribution in [0.4, 0.5) is 101 Å². The normalized spacial score (nSPS) is 16.1. The van der Waals surface area contributed by atoms with Crippen LogP contribution in [0.5, 0.6) is 0 Å². The number of halogens is 23. The zero-order valence-electron chi connectivity index (χ0n) is 20.2. The van der Waals surface area contributed by atoms with E-state index in [0.717, 1.165) is 0 Å². The summed E-state index contributed by atoms with van der Waals surface area (Å²) in [7, 11) is 2.54. The summed E-state index contributed by atoms with van der Waals surface area (Å²) >= 11 is 0. The Morgan fingerprint density at radius 3 is 0.977 bits per heavy atom. The van der Waals surface area contributed by atoms with Crippen LogP contribution >= 0.6 is 0 Å². The van der Waals surface area contributed by atoms with Crippen LogP contribution in [0.25, 0.3) is 0 Å². The van der Waals surface area contributed by atoms with Crippen molar-refractivity contribution in [3.05, 3.63) is 0 Å². The SMILES string of the molecule is CN(C)CCCNC(=O)C(F)(F)C(F)(F)C(F)(F)C(F)(F)C(F)(F)C(F)(F)C(F)(F)C(F)(F)C(F)(F)C(F)(F)C(F)(F)F. The number of carbonyl (C=O) groups is 1. The predicted octanol–water partition coefficient (Wildman–Crippen LogP) is 6.97. The number of amides is 1. The Balaban J connectivity index is 6.96. The van der Waals surface area contributed by atoms with Crippen LogP contribution < -0.4 is 5.32 Å². The Labute approximate surface area is 222 Å². The summed E-state index contributed by atoms with van der Waals surface area (Å²) in [5, 5.41) is 0.689. The Hall–Kier alpha value is -2.18. The molecule has 0 spiro atoms. The summed E-state index contributed by atoms with van der Waals surface area (Å²) in [6, 6.07) is 0. The zero-order valence-corrected chi connectivity index (χ0v) is 20.2. The summed E-state index contributed by atoms with van der Waals surface area (Å²) in [5.74, 6) is -92.9. The average molecular weight is 698 g/mol. The highest BCUT2D eigenvalue weighted by molar-refractivity contribution is 5.84. The van der Waals surface area contributed by atoms with E-state index in [1.807, 2.05) is 0 Å². The fourth-order valence-electron chi connectivity index (χ4n) is 2.61. The third-order valence-electron chi connectivity index (χ3n) is 5.26. The molecule has 43 heavy (non-hydrogen) atoms. The van der Waals surface area contributed by atoms with Gasteiger partial charge in [0.1, 0.15) is 0 Å². The molecular formula is C17H13F23N2O. The van der Waals surface area contributed by atoms with Gasteiger partial charge in [0, 0.05) is 6.54 Å². The third-order valence-corrected chi connectivity index (χ3v) is 5.26. The summed E-state index contributed by atoms with van der Waals surface area (Å²) in [4.78, 5) is 12.4. The quantitative estimate of drug-likeness (QED) is 0.157. The second-order valence-corrected chi connectivity index (χ2v) is 8.65. The molecule has 0 aromatic carbocycles. The van der Waals surface area contributed by atoms with E-state index in [2.05, 4.69) is 0 Å². The molecule has 1 amide bonds. The van der Waals surface area contributed by atoms with Crippen molar-refractivity contribution >= 4 is 5.91 Å². The van der Waals surface area contributed by atoms with Crippen molar-refractivity contribution in [3.63, 3.8) is 0 Å². The second-order valence-electron chi connectivity index (χ2n) is 8.65. The van der Waals surface area contributed by atoms with E-state index in [4.69, 9.17) is 0 Å². The Morgan fingerprint density at radius 1 is 0.465 bits per heavy atom. The monoisotopic (exact) mass is 698 g/mol. The molecule has 258 valence electrons. The average Bonchev–Trinajstić information content (AvgIpc) is 2.79. The van der Waals surface area contributed by atoms with Crippen LogP contribution in [-0.2, 0) is 4.79 Å². The number of alkyl halides is 23. The molecule has 0 aliphatic carbocycles. The number of hydrogen-bond donors (Lipinski definition) is 1. The van der Waals surface area contributed by atoms with Crippen molar-refractivity contribution in [1.82, 2.24) is 10.2 Å². The maximum atomic E-state index is 13.8. The predicted molar refractivity (Wildman–Crippen MR) is 91.7 cm³/mol. The first-order chi connectivity index (χ1) is 18.3. The maximum absolute atomic E-state index is 13.8. The highest BCUT2D eigenvalue weighted by Crippen LogP contribution is 2.67. The van der Waals surface area contributed by atoms with Gasteiger partial charge in [-0.3, -0.25) is 4.79 Å². The molecule has 0 aliphatic rings. The minimum atomic E-state index is -9.47. The molecule has 0 aromatic rings. The lowest BCUT2D eigenvalue weighted by Crippen LogP contribution is -2.78. The van der Waals surface area contributed by atoms with E-state index in [1.54, 1.807) is 0 Å². The zero-order chi connectivity index (χ0) is 35.5. The van der Waals surface area contributed by atoms with Gasteiger partial charge >= 0.3 is 65.4 Å². The number of carbonyl (C=O) groups excluding carboxylic acids is 1. The highest BCUT2D eigenvalue weighted by Gasteiger charge is 2.99. The highest BCUT2D eigenvalue weighted by atomic mass is 19.4. The molecule has 0 unspecified atom stereocenters. The fraction of sp³-hybridized carbons (Fsp3) is 0.941. The van der Waals surface area contributed by atoms with Crippen LogP contribution in [0, 0.1) is 0 Å². The Morgan fingerprint density at radius 2 is 0.721 bits per heavy atom. The first kappa shape index (κ1) is 40.8. The molecule has 26 heteroatoms. The van der Waals surface area contributed by atoms with E-state index in [1.165, 1.54) is 19.0 Å². The number of nitrogens with one attached hydrogen (secondary N) is 1. The van der Waals surface area contributed by atoms with Gasteiger partial charge in [-0.15, -0.1) is 0 Å². The van der Waals surface area contributed by atoms with Gasteiger partial charge in [0.15, 0.2) is 0 Å². The standard InChI is InChI=1S/C17H13F23N2O/c1-42(2)5-3-4-41-6(43)7(18,19)8(20,21)9(22,23)10(24,25)11(26,27)12(28,29)13(30,31)14(32,33)15(34,35)16(36,37)17(38,39)40/h3-5H2,1-2H3,(H,41,43). The number of nitrogens with zero attached hydrogens (tertiary/aromatic N) is 1. The molecule has 0 radical (unpaired) electrons. The molecule has 0 atom stereocenters. The minimum absolute atomic E-state index is 0.204. The maximum Gasteiger partial charge on any atom is 0.460 e. The molecule has 0 heterocycles. The van der Waals surface area contributed by atoms with Gasteiger partial charge in [-0.1, -0.05) is 0 Å². The number of rotatable bonds is 14. The summed E-state index contributed by atoms with van der Waals surface area (Å²) in [6.07, 6.45) is -8.63. The summed E-state index contributed by atoms with van der Waals surface area (Å²) < 4.78 is 307. The lowest BCUT2D eigenvalue weighted by Gasteiger charge is -2.45. The van der Waals surface area contributed by atoms with Crippen molar-refractivity contribution in [2.45, 2.75) is 71.8 Å². The van der Waals surface area contributed by atoms with Crippen molar-refractivity contribution in [2.24, 2.45) is 0 Å². The van der Waals surface area contributed by atoms with Crippen molar-refractivity contribution in [2.75, 3.05) is 27.2 Å². The number of hydrogen-bond acceptors (Lipinski definition) is 2. The van der Waals surface area contributed by atoms with Crippen LogP contribution in [0.3, 0.4) is 0 Å². The molecule has 0 saturated carbocycles.